The number of methoxy groups -OCH3 is 6. The number of aromatic nitrogens is 15. The summed E-state index contributed by atoms with van der Waals surface area (Å²) < 4.78 is 38.0. The number of phenols is 5. The average Bonchev–Trinajstić information content (AvgIpc) is 0.804. The third-order valence-electron chi connectivity index (χ3n) is 21.3. The molecule has 0 spiro atoms. The van der Waals surface area contributed by atoms with Crippen LogP contribution < -0.4 is 33.2 Å². The Morgan fingerprint density at radius 2 is 0.427 bits per heavy atom. The highest BCUT2D eigenvalue weighted by Crippen LogP contribution is 2.43. The van der Waals surface area contributed by atoms with Crippen LogP contribution in [0.5, 0.6) is 75.0 Å². The van der Waals surface area contributed by atoms with Crippen LogP contribution in [0.3, 0.4) is 0 Å². The maximum atomic E-state index is 10.4. The van der Waals surface area contributed by atoms with Gasteiger partial charge in [-0.2, -0.15) is 9.97 Å². The molecule has 20 rings (SSSR count). The van der Waals surface area contributed by atoms with E-state index in [4.69, 9.17) is 38.1 Å². The van der Waals surface area contributed by atoms with Gasteiger partial charge in [-0.05, 0) is 134 Å². The number of phenolic OH excluding ortho intramolecular Hbond substituents is 5. The molecular formula is C116H105N15O12. The molecule has 0 saturated heterocycles. The number of aromatic hydroxyl groups is 5. The maximum Gasteiger partial charge on any atom is 0.326 e. The molecule has 0 aliphatic rings. The number of hydrogen-bond donors (Lipinski definition) is 5. The summed E-state index contributed by atoms with van der Waals surface area (Å²) in [4.78, 5) is 68.9. The molecule has 0 atom stereocenters. The van der Waals surface area contributed by atoms with Crippen LogP contribution >= 0.6 is 0 Å². The Morgan fingerprint density at radius 3 is 0.762 bits per heavy atom. The number of aryl methyl sites for hydroxylation is 1. The zero-order chi connectivity index (χ0) is 96.4. The van der Waals surface area contributed by atoms with Crippen LogP contribution in [-0.2, 0) is 0 Å². The molecule has 20 aromatic rings. The third kappa shape index (κ3) is 25.4. The van der Waals surface area contributed by atoms with Gasteiger partial charge in [0.1, 0.15) is 51.7 Å². The molecule has 5 N–H and O–H groups in total. The van der Waals surface area contributed by atoms with Gasteiger partial charge in [-0.3, -0.25) is 0 Å². The number of para-hydroxylation sites is 6. The average molecular weight is 1900 g/mol. The molecule has 0 aliphatic carbocycles. The van der Waals surface area contributed by atoms with E-state index < -0.39 is 0 Å². The molecule has 0 radical (unpaired) electrons. The first kappa shape index (κ1) is 103. The standard InChI is InChI=1S/C24H21N3O4.C23H19N3O2.2C22H17N3O2.C21H15N3O2.4CH4/c1-29-19-13-16(14-20(30-2)21(19)31-3)23-25-22(15-9-5-4-6-10-15)26-24(27-23)17-11-7-8-12-18(17)28;1-15-9-3-4-10-16(15)21-24-22(17-11-5-7-13-19(17)27)26-23(25-21)18-12-6-8-14-20(18)28-2;1-27-17-12-13-18(19(26)14-17)22-24-20(15-8-4-2-5-9-15)23-21(25-22)16-10-6-3-7-11-16;1-27-17-13-11-16(12-14-17)21-23-20(15-7-3-2-4-8-15)24-22(25-21)18-9-5-6-10-19(18)26;25-18-14-8-7-13-17(18)20-22-19(15-9-3-1-4-10-15)23-21(24-20)26-16-11-5-2-6-12-16;;;;/h4-14,28H,1-3H3;3-14,27H,1-2H3;2*2-14,26H,1H3;1-14,25H;4*1H4. The van der Waals surface area contributed by atoms with Gasteiger partial charge in [-0.15, -0.1) is 0 Å². The summed E-state index contributed by atoms with van der Waals surface area (Å²) in [5.74, 6) is 11.1. The molecule has 0 fully saturated rings. The summed E-state index contributed by atoms with van der Waals surface area (Å²) in [6.45, 7) is 2.02. The van der Waals surface area contributed by atoms with E-state index in [-0.39, 0.29) is 64.5 Å². The zero-order valence-electron chi connectivity index (χ0n) is 76.2. The number of nitrogens with zero attached hydrogens (tertiary/aromatic N) is 15. The van der Waals surface area contributed by atoms with Gasteiger partial charge in [0.05, 0.1) is 76.0 Å². The molecular weight excluding hydrogens is 1800 g/mol. The van der Waals surface area contributed by atoms with Crippen molar-refractivity contribution in [1.82, 2.24) is 74.8 Å². The molecule has 0 bridgehead atoms. The molecule has 0 saturated carbocycles. The fourth-order valence-corrected chi connectivity index (χ4v) is 14.3. The lowest BCUT2D eigenvalue weighted by Crippen LogP contribution is -2.02. The van der Waals surface area contributed by atoms with Crippen LogP contribution in [0, 0.1) is 6.92 Å². The minimum absolute atomic E-state index is 0. The molecule has 0 unspecified atom stereocenters. The molecule has 27 nitrogen and oxygen atoms in total. The number of rotatable bonds is 22. The van der Waals surface area contributed by atoms with Crippen molar-refractivity contribution in [1.29, 1.82) is 0 Å². The van der Waals surface area contributed by atoms with E-state index in [1.807, 2.05) is 286 Å². The summed E-state index contributed by atoms with van der Waals surface area (Å²) in [7, 11) is 9.45. The number of benzene rings is 15. The van der Waals surface area contributed by atoms with Crippen LogP contribution in [0.1, 0.15) is 35.3 Å². The Hall–Kier alpha value is -19.1. The number of ether oxygens (including phenoxy) is 7. The Labute approximate surface area is 830 Å². The summed E-state index contributed by atoms with van der Waals surface area (Å²) in [6, 6.07) is 117. The highest BCUT2D eigenvalue weighted by atomic mass is 16.5. The minimum atomic E-state index is 0. The lowest BCUT2D eigenvalue weighted by atomic mass is 10.1. The molecule has 5 aromatic heterocycles. The minimum Gasteiger partial charge on any atom is -0.507 e. The van der Waals surface area contributed by atoms with Gasteiger partial charge in [-0.1, -0.05) is 284 Å². The predicted octanol–water partition coefficient (Wildman–Crippen LogP) is 25.9. The first-order valence-electron chi connectivity index (χ1n) is 43.6. The van der Waals surface area contributed by atoms with E-state index in [2.05, 4.69) is 69.8 Å². The second-order valence-electron chi connectivity index (χ2n) is 30.3. The highest BCUT2D eigenvalue weighted by Gasteiger charge is 2.24. The van der Waals surface area contributed by atoms with Crippen molar-refractivity contribution in [3.63, 3.8) is 0 Å². The number of hydrogen-bond acceptors (Lipinski definition) is 27. The van der Waals surface area contributed by atoms with E-state index >= 15 is 0 Å². The maximum absolute atomic E-state index is 10.4. The molecule has 0 aliphatic heterocycles. The highest BCUT2D eigenvalue weighted by molar-refractivity contribution is 5.78. The Kier molecular flexibility index (Phi) is 35.7. The zero-order valence-corrected chi connectivity index (χ0v) is 76.2. The van der Waals surface area contributed by atoms with E-state index in [9.17, 15) is 25.5 Å². The van der Waals surface area contributed by atoms with E-state index in [0.717, 1.165) is 55.8 Å². The lowest BCUT2D eigenvalue weighted by Gasteiger charge is -2.14. The molecule has 15 aromatic carbocycles. The van der Waals surface area contributed by atoms with Crippen LogP contribution in [0.25, 0.3) is 159 Å². The molecule has 27 heteroatoms. The Morgan fingerprint density at radius 1 is 0.175 bits per heavy atom. The van der Waals surface area contributed by atoms with Gasteiger partial charge < -0.3 is 58.7 Å². The van der Waals surface area contributed by atoms with E-state index in [1.54, 1.807) is 146 Å². The lowest BCUT2D eigenvalue weighted by molar-refractivity contribution is 0.324. The van der Waals surface area contributed by atoms with Crippen molar-refractivity contribution in [2.75, 3.05) is 42.7 Å². The molecule has 0 amide bonds. The molecule has 5 heterocycles. The van der Waals surface area contributed by atoms with Crippen molar-refractivity contribution < 1.29 is 58.7 Å². The third-order valence-corrected chi connectivity index (χ3v) is 21.3. The van der Waals surface area contributed by atoms with Gasteiger partial charge in [0.15, 0.2) is 93.0 Å². The second-order valence-corrected chi connectivity index (χ2v) is 30.3. The van der Waals surface area contributed by atoms with Crippen molar-refractivity contribution in [3.05, 3.63) is 388 Å². The first-order valence-corrected chi connectivity index (χ1v) is 43.6. The first-order chi connectivity index (χ1) is 68.1. The van der Waals surface area contributed by atoms with Crippen LogP contribution in [0.15, 0.2) is 382 Å². The summed E-state index contributed by atoms with van der Waals surface area (Å²) in [6.07, 6.45) is 0. The van der Waals surface area contributed by atoms with Crippen molar-refractivity contribution in [2.45, 2.75) is 36.6 Å². The van der Waals surface area contributed by atoms with Gasteiger partial charge in [0.2, 0.25) is 5.75 Å². The normalized spacial score (nSPS) is 10.3. The smallest absolute Gasteiger partial charge is 0.326 e. The van der Waals surface area contributed by atoms with E-state index in [0.29, 0.717) is 149 Å². The largest absolute Gasteiger partial charge is 0.507 e. The van der Waals surface area contributed by atoms with Gasteiger partial charge in [-0.25, -0.2) is 64.8 Å². The summed E-state index contributed by atoms with van der Waals surface area (Å²) >= 11 is 0. The molecule has 716 valence electrons. The molecule has 143 heavy (non-hydrogen) atoms. The Bertz CT molecular complexity index is 7390. The quantitative estimate of drug-likeness (QED) is 0.0421. The van der Waals surface area contributed by atoms with Crippen LogP contribution in [-0.4, -0.2) is 143 Å². The topological polar surface area (TPSA) is 359 Å². The van der Waals surface area contributed by atoms with Crippen molar-refractivity contribution >= 4 is 0 Å². The van der Waals surface area contributed by atoms with Gasteiger partial charge >= 0.3 is 6.01 Å². The predicted molar refractivity (Wildman–Crippen MR) is 561 cm³/mol. The van der Waals surface area contributed by atoms with Gasteiger partial charge in [0.25, 0.3) is 0 Å². The van der Waals surface area contributed by atoms with Crippen LogP contribution in [0.2, 0.25) is 0 Å². The van der Waals surface area contributed by atoms with E-state index in [1.165, 1.54) is 0 Å². The van der Waals surface area contributed by atoms with Crippen molar-refractivity contribution in [2.24, 2.45) is 0 Å². The second kappa shape index (κ2) is 49.6. The van der Waals surface area contributed by atoms with Crippen molar-refractivity contribution in [3.8, 4) is 234 Å². The Balaban J connectivity index is 0.000000159. The SMILES string of the molecule is C.C.C.C.COc1cc(-c2nc(-c3ccccc3)nc(-c3ccccc3O)n2)cc(OC)c1OC.COc1ccc(-c2nc(-c3ccccc3)nc(-c3ccccc3)n2)c(O)c1.COc1ccc(-c2nc(-c3ccccc3)nc(-c3ccccc3O)n2)cc1.COc1ccccc1-c1nc(-c2ccccc2C)nc(-c2ccccc2O)n1.Oc1ccccc1-c1nc(Oc2ccccc2)nc(-c2ccccc2)n1. The fourth-order valence-electron chi connectivity index (χ4n) is 14.3. The fraction of sp³-hybridized carbons (Fsp3) is 0.0948. The van der Waals surface area contributed by atoms with Gasteiger partial charge in [0, 0.05) is 50.6 Å². The van der Waals surface area contributed by atoms with Crippen LogP contribution in [0.4, 0.5) is 0 Å². The monoisotopic (exact) mass is 1900 g/mol. The summed E-state index contributed by atoms with van der Waals surface area (Å²) in [5, 5.41) is 51.5. The summed E-state index contributed by atoms with van der Waals surface area (Å²) in [5.41, 5.74) is 11.2.